The smallest absolute Gasteiger partial charge is 0.237 e. The first kappa shape index (κ1) is 19.7. The van der Waals surface area contributed by atoms with Gasteiger partial charge in [0, 0.05) is 6.04 Å². The van der Waals surface area contributed by atoms with Crippen molar-refractivity contribution in [1.82, 2.24) is 14.8 Å². The van der Waals surface area contributed by atoms with Gasteiger partial charge < -0.3 is 9.88 Å². The summed E-state index contributed by atoms with van der Waals surface area (Å²) >= 11 is 1.21. The number of thioether (sulfide) groups is 1. The van der Waals surface area contributed by atoms with Crippen LogP contribution in [0.4, 0.5) is 18.9 Å². The number of nitrogens with one attached hydrogen (secondary N) is 1. The lowest BCUT2D eigenvalue weighted by atomic mass is 9.95. The number of hydrogen-bond donors (Lipinski definition) is 1. The molecule has 0 bridgehead atoms. The van der Waals surface area contributed by atoms with Crippen molar-refractivity contribution in [1.29, 1.82) is 0 Å². The summed E-state index contributed by atoms with van der Waals surface area (Å²) in [5, 5.41) is 10.6. The molecule has 1 aromatic heterocycles. The molecule has 0 aliphatic heterocycles. The fraction of sp³-hybridized carbons (Fsp3) is 0.500. The first-order valence-corrected chi connectivity index (χ1v) is 9.79. The monoisotopic (exact) mass is 398 g/mol. The van der Waals surface area contributed by atoms with Gasteiger partial charge in [-0.25, -0.2) is 13.2 Å². The molecule has 0 radical (unpaired) electrons. The summed E-state index contributed by atoms with van der Waals surface area (Å²) in [5.74, 6) is -4.06. The van der Waals surface area contributed by atoms with E-state index in [0.29, 0.717) is 11.2 Å². The molecule has 1 aromatic carbocycles. The number of aryl methyl sites for hydroxylation is 1. The number of carbonyl (C=O) groups excluding carboxylic acids is 1. The molecule has 9 heteroatoms. The van der Waals surface area contributed by atoms with E-state index in [4.69, 9.17) is 0 Å². The van der Waals surface area contributed by atoms with E-state index in [-0.39, 0.29) is 0 Å². The second-order valence-corrected chi connectivity index (χ2v) is 7.97. The summed E-state index contributed by atoms with van der Waals surface area (Å²) in [6.45, 7) is 3.53. The van der Waals surface area contributed by atoms with Gasteiger partial charge in [0.05, 0.1) is 10.9 Å². The quantitative estimate of drug-likeness (QED) is 0.589. The Morgan fingerprint density at radius 3 is 2.59 bits per heavy atom. The highest BCUT2D eigenvalue weighted by Crippen LogP contribution is 2.34. The van der Waals surface area contributed by atoms with Gasteiger partial charge in [0.15, 0.2) is 22.6 Å². The number of nitrogens with zero attached hydrogens (tertiary/aromatic N) is 3. The third-order valence-corrected chi connectivity index (χ3v) is 5.78. The van der Waals surface area contributed by atoms with Crippen molar-refractivity contribution in [2.24, 2.45) is 0 Å². The van der Waals surface area contributed by atoms with Crippen molar-refractivity contribution >= 4 is 23.4 Å². The lowest BCUT2D eigenvalue weighted by molar-refractivity contribution is -0.115. The van der Waals surface area contributed by atoms with Crippen molar-refractivity contribution in [3.63, 3.8) is 0 Å². The number of halogens is 3. The van der Waals surface area contributed by atoms with Crippen LogP contribution in [0.15, 0.2) is 17.3 Å². The Hall–Kier alpha value is -2.03. The second-order valence-electron chi connectivity index (χ2n) is 6.66. The van der Waals surface area contributed by atoms with Crippen molar-refractivity contribution < 1.29 is 18.0 Å². The molecule has 5 nitrogen and oxygen atoms in total. The number of anilines is 1. The van der Waals surface area contributed by atoms with Gasteiger partial charge in [-0.2, -0.15) is 0 Å². The third-order valence-electron chi connectivity index (χ3n) is 4.72. The summed E-state index contributed by atoms with van der Waals surface area (Å²) in [7, 11) is 0. The third kappa shape index (κ3) is 4.28. The van der Waals surface area contributed by atoms with E-state index < -0.39 is 34.3 Å². The molecule has 27 heavy (non-hydrogen) atoms. The topological polar surface area (TPSA) is 59.8 Å². The van der Waals surface area contributed by atoms with Gasteiger partial charge in [-0.15, -0.1) is 10.2 Å². The van der Waals surface area contributed by atoms with E-state index in [2.05, 4.69) is 20.1 Å². The Kier molecular flexibility index (Phi) is 6.08. The molecule has 1 fully saturated rings. The lowest BCUT2D eigenvalue weighted by Crippen LogP contribution is -2.24. The molecular weight excluding hydrogens is 377 g/mol. The SMILES string of the molecule is Cc1nnc(S[C@@H](C)C(=O)Nc2ccc(F)c(F)c2F)n1C1CCCCC1. The van der Waals surface area contributed by atoms with Gasteiger partial charge >= 0.3 is 0 Å². The maximum absolute atomic E-state index is 13.8. The first-order chi connectivity index (χ1) is 12.9. The Morgan fingerprint density at radius 1 is 1.19 bits per heavy atom. The number of benzene rings is 1. The Bertz CT molecular complexity index is 836. The zero-order valence-electron chi connectivity index (χ0n) is 15.1. The van der Waals surface area contributed by atoms with Gasteiger partial charge in [0.25, 0.3) is 0 Å². The van der Waals surface area contributed by atoms with E-state index in [1.54, 1.807) is 6.92 Å². The average molecular weight is 398 g/mol. The maximum Gasteiger partial charge on any atom is 0.237 e. The number of aromatic nitrogens is 3. The Morgan fingerprint density at radius 2 is 1.89 bits per heavy atom. The van der Waals surface area contributed by atoms with E-state index in [9.17, 15) is 18.0 Å². The molecule has 1 aliphatic rings. The summed E-state index contributed by atoms with van der Waals surface area (Å²) < 4.78 is 42.2. The molecule has 1 N–H and O–H groups in total. The highest BCUT2D eigenvalue weighted by molar-refractivity contribution is 8.00. The van der Waals surface area contributed by atoms with Crippen LogP contribution in [0.3, 0.4) is 0 Å². The van der Waals surface area contributed by atoms with Gasteiger partial charge in [0.2, 0.25) is 5.91 Å². The predicted octanol–water partition coefficient (Wildman–Crippen LogP) is 4.63. The van der Waals surface area contributed by atoms with Crippen molar-refractivity contribution in [3.8, 4) is 0 Å². The van der Waals surface area contributed by atoms with Crippen LogP contribution < -0.4 is 5.32 Å². The van der Waals surface area contributed by atoms with E-state index in [1.165, 1.54) is 18.2 Å². The average Bonchev–Trinajstić information content (AvgIpc) is 3.03. The van der Waals surface area contributed by atoms with E-state index in [1.807, 2.05) is 6.92 Å². The predicted molar refractivity (Wildman–Crippen MR) is 97.1 cm³/mol. The van der Waals surface area contributed by atoms with Crippen LogP contribution in [0.5, 0.6) is 0 Å². The molecule has 0 saturated heterocycles. The van der Waals surface area contributed by atoms with Crippen LogP contribution in [0.25, 0.3) is 0 Å². The Balaban J connectivity index is 1.71. The fourth-order valence-electron chi connectivity index (χ4n) is 3.26. The van der Waals surface area contributed by atoms with Crippen LogP contribution in [-0.4, -0.2) is 25.9 Å². The highest BCUT2D eigenvalue weighted by atomic mass is 32.2. The standard InChI is InChI=1S/C18H21F3N4OS/c1-10(17(26)22-14-9-8-13(19)15(20)16(14)21)27-18-24-23-11(2)25(18)12-6-4-3-5-7-12/h8-10,12H,3-7H2,1-2H3,(H,22,26)/t10-/m0/s1. The fourth-order valence-corrected chi connectivity index (χ4v) is 4.22. The van der Waals surface area contributed by atoms with Crippen LogP contribution in [0.1, 0.15) is 50.9 Å². The summed E-state index contributed by atoms with van der Waals surface area (Å²) in [4.78, 5) is 12.4. The second kappa shape index (κ2) is 8.33. The van der Waals surface area contributed by atoms with Crippen LogP contribution in [-0.2, 0) is 4.79 Å². The van der Waals surface area contributed by atoms with Gasteiger partial charge in [-0.1, -0.05) is 31.0 Å². The molecule has 0 unspecified atom stereocenters. The maximum atomic E-state index is 13.8. The molecule has 146 valence electrons. The van der Waals surface area contributed by atoms with Gasteiger partial charge in [0.1, 0.15) is 5.82 Å². The Labute approximate surface area is 159 Å². The molecule has 1 amide bonds. The molecule has 1 atom stereocenters. The van der Waals surface area contributed by atoms with Crippen molar-refractivity contribution in [3.05, 3.63) is 35.4 Å². The number of amides is 1. The molecule has 1 aliphatic carbocycles. The largest absolute Gasteiger partial charge is 0.323 e. The minimum atomic E-state index is -1.61. The zero-order chi connectivity index (χ0) is 19.6. The number of carbonyl (C=O) groups is 1. The van der Waals surface area contributed by atoms with Crippen molar-refractivity contribution in [2.45, 2.75) is 62.4 Å². The van der Waals surface area contributed by atoms with E-state index in [0.717, 1.165) is 43.6 Å². The minimum absolute atomic E-state index is 0.315. The number of hydrogen-bond acceptors (Lipinski definition) is 4. The molecule has 0 spiro atoms. The zero-order valence-corrected chi connectivity index (χ0v) is 16.0. The first-order valence-electron chi connectivity index (χ1n) is 8.91. The van der Waals surface area contributed by atoms with E-state index >= 15 is 0 Å². The van der Waals surface area contributed by atoms with Gasteiger partial charge in [-0.3, -0.25) is 4.79 Å². The molecule has 1 heterocycles. The van der Waals surface area contributed by atoms with Crippen molar-refractivity contribution in [2.75, 3.05) is 5.32 Å². The summed E-state index contributed by atoms with van der Waals surface area (Å²) in [6.07, 6.45) is 5.62. The number of rotatable bonds is 5. The summed E-state index contributed by atoms with van der Waals surface area (Å²) in [5.41, 5.74) is -0.392. The molecule has 2 aromatic rings. The normalized spacial score (nSPS) is 16.3. The summed E-state index contributed by atoms with van der Waals surface area (Å²) in [6, 6.07) is 2.09. The lowest BCUT2D eigenvalue weighted by Gasteiger charge is -2.25. The highest BCUT2D eigenvalue weighted by Gasteiger charge is 2.25. The molecular formula is C18H21F3N4OS. The van der Waals surface area contributed by atoms with Crippen LogP contribution in [0.2, 0.25) is 0 Å². The minimum Gasteiger partial charge on any atom is -0.323 e. The van der Waals surface area contributed by atoms with Crippen LogP contribution in [0, 0.1) is 24.4 Å². The van der Waals surface area contributed by atoms with Gasteiger partial charge in [-0.05, 0) is 38.8 Å². The molecule has 3 rings (SSSR count). The van der Waals surface area contributed by atoms with Crippen LogP contribution >= 0.6 is 11.8 Å². The molecule has 1 saturated carbocycles.